The summed E-state index contributed by atoms with van der Waals surface area (Å²) in [6.07, 6.45) is 3.67. The Morgan fingerprint density at radius 2 is 1.91 bits per heavy atom. The van der Waals surface area contributed by atoms with Crippen LogP contribution in [0.25, 0.3) is 0 Å². The Balaban J connectivity index is 1.77. The number of hydrogen-bond donors (Lipinski definition) is 0. The molecule has 3 aromatic rings. The lowest BCUT2D eigenvalue weighted by atomic mass is 10.1. The first-order valence-corrected chi connectivity index (χ1v) is 11.8. The monoisotopic (exact) mass is 482 g/mol. The molecule has 0 saturated heterocycles. The van der Waals surface area contributed by atoms with E-state index < -0.39 is 0 Å². The van der Waals surface area contributed by atoms with Crippen LogP contribution in [0.4, 0.5) is 0 Å². The number of amides is 2. The second-order valence-corrected chi connectivity index (χ2v) is 8.73. The van der Waals surface area contributed by atoms with Crippen LogP contribution < -0.4 is 9.47 Å². The van der Waals surface area contributed by atoms with Crippen molar-refractivity contribution < 1.29 is 23.5 Å². The van der Waals surface area contributed by atoms with Crippen molar-refractivity contribution in [3.05, 3.63) is 82.5 Å². The summed E-state index contributed by atoms with van der Waals surface area (Å²) in [5.41, 5.74) is 2.16. The highest BCUT2D eigenvalue weighted by Crippen LogP contribution is 2.28. The van der Waals surface area contributed by atoms with E-state index in [1.807, 2.05) is 36.6 Å². The average molecular weight is 483 g/mol. The smallest absolute Gasteiger partial charge is 0.290 e. The lowest BCUT2D eigenvalue weighted by molar-refractivity contribution is -0.132. The van der Waals surface area contributed by atoms with Gasteiger partial charge in [0.05, 0.1) is 27.0 Å². The van der Waals surface area contributed by atoms with E-state index in [-0.39, 0.29) is 30.7 Å². The van der Waals surface area contributed by atoms with Crippen LogP contribution in [0.5, 0.6) is 11.5 Å². The van der Waals surface area contributed by atoms with E-state index in [2.05, 4.69) is 6.58 Å². The number of benzene rings is 1. The lowest BCUT2D eigenvalue weighted by Crippen LogP contribution is -2.43. The summed E-state index contributed by atoms with van der Waals surface area (Å²) in [4.78, 5) is 30.6. The zero-order valence-electron chi connectivity index (χ0n) is 19.8. The second-order valence-electron chi connectivity index (χ2n) is 7.73. The highest BCUT2D eigenvalue weighted by atomic mass is 32.1. The van der Waals surface area contributed by atoms with Gasteiger partial charge in [0, 0.05) is 18.0 Å². The molecule has 0 fully saturated rings. The Kier molecular flexibility index (Phi) is 8.93. The van der Waals surface area contributed by atoms with Crippen molar-refractivity contribution in [2.24, 2.45) is 0 Å². The maximum absolute atomic E-state index is 13.4. The van der Waals surface area contributed by atoms with Crippen molar-refractivity contribution in [3.8, 4) is 11.5 Å². The Labute approximate surface area is 204 Å². The van der Waals surface area contributed by atoms with Crippen LogP contribution in [-0.4, -0.2) is 55.5 Å². The molecule has 0 atom stereocenters. The maximum atomic E-state index is 13.4. The van der Waals surface area contributed by atoms with Gasteiger partial charge in [-0.1, -0.05) is 12.1 Å². The summed E-state index contributed by atoms with van der Waals surface area (Å²) in [5.74, 6) is 1.01. The van der Waals surface area contributed by atoms with Crippen molar-refractivity contribution in [3.63, 3.8) is 0 Å². The number of methoxy groups -OCH3 is 2. The van der Waals surface area contributed by atoms with Crippen molar-refractivity contribution in [1.82, 2.24) is 9.80 Å². The van der Waals surface area contributed by atoms with Crippen LogP contribution in [0.2, 0.25) is 0 Å². The van der Waals surface area contributed by atoms with Gasteiger partial charge >= 0.3 is 0 Å². The largest absolute Gasteiger partial charge is 0.493 e. The number of thiophene rings is 1. The zero-order chi connectivity index (χ0) is 24.5. The summed E-state index contributed by atoms with van der Waals surface area (Å²) >= 11 is 1.62. The molecule has 2 amide bonds. The van der Waals surface area contributed by atoms with Crippen LogP contribution in [0.15, 0.2) is 65.1 Å². The summed E-state index contributed by atoms with van der Waals surface area (Å²) in [6.45, 7) is 6.90. The predicted octanol–water partition coefficient (Wildman–Crippen LogP) is 4.57. The third-order valence-electron chi connectivity index (χ3n) is 5.47. The van der Waals surface area contributed by atoms with Crippen molar-refractivity contribution in [1.29, 1.82) is 0 Å². The van der Waals surface area contributed by atoms with E-state index in [1.165, 1.54) is 11.2 Å². The topological polar surface area (TPSA) is 72.2 Å². The quantitative estimate of drug-likeness (QED) is 0.354. The number of furan rings is 1. The average Bonchev–Trinajstić information content (AvgIpc) is 3.52. The van der Waals surface area contributed by atoms with E-state index in [0.29, 0.717) is 31.0 Å². The molecule has 7 nitrogen and oxygen atoms in total. The van der Waals surface area contributed by atoms with Crippen molar-refractivity contribution >= 4 is 23.2 Å². The second kappa shape index (κ2) is 12.1. The van der Waals surface area contributed by atoms with Gasteiger partial charge in [-0.3, -0.25) is 9.59 Å². The minimum atomic E-state index is -0.342. The van der Waals surface area contributed by atoms with Crippen LogP contribution >= 0.6 is 11.3 Å². The van der Waals surface area contributed by atoms with E-state index in [0.717, 1.165) is 16.0 Å². The predicted molar refractivity (Wildman–Crippen MR) is 133 cm³/mol. The fourth-order valence-electron chi connectivity index (χ4n) is 3.53. The summed E-state index contributed by atoms with van der Waals surface area (Å²) < 4.78 is 16.0. The van der Waals surface area contributed by atoms with Crippen molar-refractivity contribution in [2.75, 3.05) is 33.9 Å². The first-order valence-electron chi connectivity index (χ1n) is 10.9. The Bertz CT molecular complexity index is 1110. The van der Waals surface area contributed by atoms with E-state index in [1.54, 1.807) is 48.7 Å². The molecule has 0 spiro atoms. The van der Waals surface area contributed by atoms with Gasteiger partial charge in [0.15, 0.2) is 17.3 Å². The molecule has 0 radical (unpaired) electrons. The van der Waals surface area contributed by atoms with Gasteiger partial charge < -0.3 is 23.7 Å². The summed E-state index contributed by atoms with van der Waals surface area (Å²) in [7, 11) is 3.20. The number of carbonyl (C=O) groups excluding carboxylic acids is 2. The molecule has 1 aromatic carbocycles. The van der Waals surface area contributed by atoms with Crippen LogP contribution in [-0.2, 0) is 17.8 Å². The molecule has 0 aliphatic rings. The third-order valence-corrected chi connectivity index (χ3v) is 6.48. The molecular formula is C26H30N2O5S. The molecule has 0 saturated carbocycles. The highest BCUT2D eigenvalue weighted by molar-refractivity contribution is 7.10. The van der Waals surface area contributed by atoms with Crippen LogP contribution in [0.1, 0.15) is 26.6 Å². The van der Waals surface area contributed by atoms with E-state index in [9.17, 15) is 9.59 Å². The molecule has 8 heteroatoms. The number of hydrogen-bond acceptors (Lipinski definition) is 6. The number of nitrogens with zero attached hydrogens (tertiary/aromatic N) is 2. The number of aryl methyl sites for hydroxylation is 1. The van der Waals surface area contributed by atoms with Gasteiger partial charge in [0.2, 0.25) is 5.91 Å². The molecule has 0 N–H and O–H groups in total. The van der Waals surface area contributed by atoms with Crippen molar-refractivity contribution in [2.45, 2.75) is 19.9 Å². The molecule has 180 valence electrons. The summed E-state index contributed by atoms with van der Waals surface area (Å²) in [6, 6.07) is 11.0. The molecule has 0 bridgehead atoms. The summed E-state index contributed by atoms with van der Waals surface area (Å²) in [5, 5.41) is 2.02. The minimum absolute atomic E-state index is 0.0675. The Hall–Kier alpha value is -3.52. The molecule has 34 heavy (non-hydrogen) atoms. The number of ether oxygens (including phenoxy) is 2. The molecule has 0 aliphatic heterocycles. The minimum Gasteiger partial charge on any atom is -0.493 e. The lowest BCUT2D eigenvalue weighted by Gasteiger charge is -2.27. The molecule has 2 heterocycles. The number of rotatable bonds is 12. The third kappa shape index (κ3) is 6.29. The Morgan fingerprint density at radius 1 is 1.12 bits per heavy atom. The van der Waals surface area contributed by atoms with Gasteiger partial charge in [-0.2, -0.15) is 0 Å². The fourth-order valence-corrected chi connectivity index (χ4v) is 4.45. The molecule has 0 aliphatic carbocycles. The SMILES string of the molecule is C=CCN(CC(=O)N(CCc1ccc(OC)c(OC)c1)Cc1sccc1C)C(=O)c1ccco1. The van der Waals surface area contributed by atoms with Gasteiger partial charge in [-0.25, -0.2) is 0 Å². The van der Waals surface area contributed by atoms with Gasteiger partial charge in [-0.05, 0) is 60.2 Å². The van der Waals surface area contributed by atoms with Gasteiger partial charge in [0.1, 0.15) is 6.54 Å². The van der Waals surface area contributed by atoms with E-state index >= 15 is 0 Å². The van der Waals surface area contributed by atoms with Gasteiger partial charge in [-0.15, -0.1) is 17.9 Å². The normalized spacial score (nSPS) is 10.6. The fraction of sp³-hybridized carbons (Fsp3) is 0.308. The zero-order valence-corrected chi connectivity index (χ0v) is 20.6. The van der Waals surface area contributed by atoms with Crippen LogP contribution in [0.3, 0.4) is 0 Å². The van der Waals surface area contributed by atoms with Gasteiger partial charge in [0.25, 0.3) is 5.91 Å². The molecule has 0 unspecified atom stereocenters. The molecular weight excluding hydrogens is 452 g/mol. The molecule has 2 aromatic heterocycles. The maximum Gasteiger partial charge on any atom is 0.290 e. The standard InChI is InChI=1S/C26H30N2O5S/c1-5-12-28(26(30)22-7-6-14-33-22)18-25(29)27(17-24-19(2)11-15-34-24)13-10-20-8-9-21(31-3)23(16-20)32-4/h5-9,11,14-16H,1,10,12-13,17-18H2,2-4H3. The van der Waals surface area contributed by atoms with Crippen LogP contribution in [0, 0.1) is 6.92 Å². The highest BCUT2D eigenvalue weighted by Gasteiger charge is 2.24. The first-order chi connectivity index (χ1) is 16.5. The Morgan fingerprint density at radius 3 is 2.53 bits per heavy atom. The molecule has 3 rings (SSSR count). The number of carbonyl (C=O) groups is 2. The van der Waals surface area contributed by atoms with E-state index in [4.69, 9.17) is 13.9 Å². The first kappa shape index (κ1) is 25.1.